The molecular weight excluding hydrogens is 496 g/mol. The summed E-state index contributed by atoms with van der Waals surface area (Å²) in [6, 6.07) is 10.6. The highest BCUT2D eigenvalue weighted by Gasteiger charge is 2.30. The number of benzene rings is 1. The number of nitrogens with one attached hydrogen (secondary N) is 2. The molecule has 0 fully saturated rings. The second-order valence-corrected chi connectivity index (χ2v) is 6.28. The summed E-state index contributed by atoms with van der Waals surface area (Å²) in [5.41, 5.74) is 0.639. The Morgan fingerprint density at radius 3 is 2.69 bits per heavy atom. The van der Waals surface area contributed by atoms with Crippen LogP contribution in [-0.4, -0.2) is 34.2 Å². The number of nitrogens with zero attached hydrogens (tertiary/aromatic N) is 4. The van der Waals surface area contributed by atoms with Crippen LogP contribution in [-0.2, 0) is 12.6 Å². The summed E-state index contributed by atoms with van der Waals surface area (Å²) in [5, 5.41) is 14.5. The van der Waals surface area contributed by atoms with Crippen LogP contribution in [0.15, 0.2) is 53.7 Å². The molecule has 1 aromatic carbocycles. The van der Waals surface area contributed by atoms with Crippen molar-refractivity contribution in [2.24, 2.45) is 4.99 Å². The Morgan fingerprint density at radius 2 is 1.97 bits per heavy atom. The Hall–Kier alpha value is -2.37. The van der Waals surface area contributed by atoms with Gasteiger partial charge in [0.15, 0.2) is 11.6 Å². The smallest absolute Gasteiger partial charge is 0.356 e. The normalized spacial score (nSPS) is 13.1. The maximum atomic E-state index is 12.9. The van der Waals surface area contributed by atoms with E-state index >= 15 is 0 Å². The minimum Gasteiger partial charge on any atom is -0.356 e. The summed E-state index contributed by atoms with van der Waals surface area (Å²) in [6.07, 6.45) is -1.85. The number of hydrogen-bond acceptors (Lipinski definition) is 3. The molecule has 3 rings (SSSR count). The van der Waals surface area contributed by atoms with Crippen molar-refractivity contribution in [1.29, 1.82) is 0 Å². The van der Waals surface area contributed by atoms with Gasteiger partial charge in [0.2, 0.25) is 0 Å². The average molecular weight is 518 g/mol. The van der Waals surface area contributed by atoms with Crippen LogP contribution in [0.4, 0.5) is 13.2 Å². The zero-order valence-electron chi connectivity index (χ0n) is 15.9. The van der Waals surface area contributed by atoms with Crippen molar-refractivity contribution in [3.63, 3.8) is 0 Å². The molecule has 2 heterocycles. The molecule has 10 heteroatoms. The SMILES string of the molecule is CN=C(NCCc1nnc2ccccn12)NC(C)c1cccc(C(F)(F)F)c1.I. The first-order chi connectivity index (χ1) is 13.4. The molecule has 0 saturated heterocycles. The van der Waals surface area contributed by atoms with Gasteiger partial charge in [0.25, 0.3) is 0 Å². The summed E-state index contributed by atoms with van der Waals surface area (Å²) < 4.78 is 40.6. The number of aromatic nitrogens is 3. The lowest BCUT2D eigenvalue weighted by molar-refractivity contribution is -0.137. The summed E-state index contributed by atoms with van der Waals surface area (Å²) in [7, 11) is 1.61. The Balaban J connectivity index is 0.00000300. The van der Waals surface area contributed by atoms with Gasteiger partial charge in [-0.2, -0.15) is 13.2 Å². The van der Waals surface area contributed by atoms with Gasteiger partial charge >= 0.3 is 6.18 Å². The van der Waals surface area contributed by atoms with Crippen LogP contribution >= 0.6 is 24.0 Å². The molecule has 1 atom stereocenters. The fraction of sp³-hybridized carbons (Fsp3) is 0.316. The summed E-state index contributed by atoms with van der Waals surface area (Å²) >= 11 is 0. The summed E-state index contributed by atoms with van der Waals surface area (Å²) in [5.74, 6) is 1.31. The van der Waals surface area contributed by atoms with Crippen LogP contribution in [0, 0.1) is 0 Å². The zero-order chi connectivity index (χ0) is 20.1. The van der Waals surface area contributed by atoms with Gasteiger partial charge < -0.3 is 10.6 Å². The third-order valence-electron chi connectivity index (χ3n) is 4.32. The van der Waals surface area contributed by atoms with E-state index in [2.05, 4.69) is 25.8 Å². The van der Waals surface area contributed by atoms with E-state index in [4.69, 9.17) is 0 Å². The molecule has 0 saturated carbocycles. The highest BCUT2D eigenvalue weighted by atomic mass is 127. The molecule has 3 aromatic rings. The van der Waals surface area contributed by atoms with Crippen LogP contribution in [0.25, 0.3) is 5.65 Å². The molecule has 0 aliphatic rings. The van der Waals surface area contributed by atoms with Crippen molar-refractivity contribution < 1.29 is 13.2 Å². The van der Waals surface area contributed by atoms with Gasteiger partial charge in [0, 0.05) is 26.2 Å². The van der Waals surface area contributed by atoms with E-state index in [1.165, 1.54) is 6.07 Å². The third kappa shape index (κ3) is 5.81. The van der Waals surface area contributed by atoms with Crippen LogP contribution in [0.2, 0.25) is 0 Å². The van der Waals surface area contributed by atoms with Crippen LogP contribution in [0.5, 0.6) is 0 Å². The molecule has 0 spiro atoms. The van der Waals surface area contributed by atoms with Crippen molar-refractivity contribution in [2.75, 3.05) is 13.6 Å². The van der Waals surface area contributed by atoms with Gasteiger partial charge in [0.1, 0.15) is 5.82 Å². The molecule has 2 N–H and O–H groups in total. The molecule has 0 radical (unpaired) electrons. The average Bonchev–Trinajstić information content (AvgIpc) is 3.10. The lowest BCUT2D eigenvalue weighted by Crippen LogP contribution is -2.39. The predicted molar refractivity (Wildman–Crippen MR) is 116 cm³/mol. The van der Waals surface area contributed by atoms with Gasteiger partial charge in [0.05, 0.1) is 11.6 Å². The number of halogens is 4. The first-order valence-corrected chi connectivity index (χ1v) is 8.81. The Labute approximate surface area is 183 Å². The summed E-state index contributed by atoms with van der Waals surface area (Å²) in [6.45, 7) is 2.33. The van der Waals surface area contributed by atoms with E-state index in [1.807, 2.05) is 28.8 Å². The van der Waals surface area contributed by atoms with Crippen LogP contribution in [0.3, 0.4) is 0 Å². The molecule has 6 nitrogen and oxygen atoms in total. The quantitative estimate of drug-likeness (QED) is 0.306. The molecule has 0 amide bonds. The van der Waals surface area contributed by atoms with Gasteiger partial charge in [-0.25, -0.2) is 0 Å². The van der Waals surface area contributed by atoms with E-state index in [0.717, 1.165) is 23.6 Å². The number of rotatable bonds is 5. The van der Waals surface area contributed by atoms with Gasteiger partial charge in [-0.05, 0) is 36.8 Å². The van der Waals surface area contributed by atoms with Crippen LogP contribution < -0.4 is 10.6 Å². The summed E-state index contributed by atoms with van der Waals surface area (Å²) in [4.78, 5) is 4.14. The standard InChI is InChI=1S/C19H21F3N6.HI/c1-13(14-6-5-7-15(12-14)19(20,21)22)25-18(23-2)24-10-9-17-27-26-16-8-3-4-11-28(16)17;/h3-8,11-13H,9-10H2,1-2H3,(H2,23,24,25);1H. The van der Waals surface area contributed by atoms with E-state index in [0.29, 0.717) is 24.5 Å². The molecule has 2 aromatic heterocycles. The maximum absolute atomic E-state index is 12.9. The Kier molecular flexibility index (Phi) is 7.82. The molecule has 29 heavy (non-hydrogen) atoms. The topological polar surface area (TPSA) is 66.6 Å². The molecule has 0 bridgehead atoms. The fourth-order valence-corrected chi connectivity index (χ4v) is 2.82. The predicted octanol–water partition coefficient (Wildman–Crippen LogP) is 3.83. The first-order valence-electron chi connectivity index (χ1n) is 8.81. The maximum Gasteiger partial charge on any atom is 0.416 e. The molecule has 0 aliphatic heterocycles. The van der Waals surface area contributed by atoms with Gasteiger partial charge in [-0.3, -0.25) is 9.39 Å². The van der Waals surface area contributed by atoms with Crippen molar-refractivity contribution in [3.8, 4) is 0 Å². The molecule has 156 valence electrons. The first kappa shape index (κ1) is 22.9. The largest absolute Gasteiger partial charge is 0.416 e. The Bertz CT molecular complexity index is 970. The monoisotopic (exact) mass is 518 g/mol. The number of alkyl halides is 3. The number of fused-ring (bicyclic) bond motifs is 1. The highest BCUT2D eigenvalue weighted by molar-refractivity contribution is 14.0. The van der Waals surface area contributed by atoms with Crippen molar-refractivity contribution >= 4 is 35.6 Å². The third-order valence-corrected chi connectivity index (χ3v) is 4.32. The van der Waals surface area contributed by atoms with Crippen LogP contribution in [0.1, 0.15) is 29.9 Å². The second kappa shape index (κ2) is 9.90. The van der Waals surface area contributed by atoms with Crippen molar-refractivity contribution in [3.05, 3.63) is 65.6 Å². The van der Waals surface area contributed by atoms with Gasteiger partial charge in [-0.1, -0.05) is 18.2 Å². The number of hydrogen-bond donors (Lipinski definition) is 2. The van der Waals surface area contributed by atoms with Crippen molar-refractivity contribution in [2.45, 2.75) is 25.6 Å². The highest BCUT2D eigenvalue weighted by Crippen LogP contribution is 2.30. The number of pyridine rings is 1. The van der Waals surface area contributed by atoms with E-state index < -0.39 is 11.7 Å². The molecular formula is C19H22F3IN6. The second-order valence-electron chi connectivity index (χ2n) is 6.28. The molecule has 1 unspecified atom stereocenters. The minimum absolute atomic E-state index is 0. The Morgan fingerprint density at radius 1 is 1.17 bits per heavy atom. The number of aliphatic imine (C=N–C) groups is 1. The van der Waals surface area contributed by atoms with E-state index in [9.17, 15) is 13.2 Å². The zero-order valence-corrected chi connectivity index (χ0v) is 18.3. The van der Waals surface area contributed by atoms with Crippen molar-refractivity contribution in [1.82, 2.24) is 25.2 Å². The molecule has 0 aliphatic carbocycles. The minimum atomic E-state index is -4.36. The number of guanidine groups is 1. The van der Waals surface area contributed by atoms with E-state index in [1.54, 1.807) is 20.0 Å². The van der Waals surface area contributed by atoms with E-state index in [-0.39, 0.29) is 30.0 Å². The lowest BCUT2D eigenvalue weighted by Gasteiger charge is -2.19. The van der Waals surface area contributed by atoms with Gasteiger partial charge in [-0.15, -0.1) is 34.2 Å². The fourth-order valence-electron chi connectivity index (χ4n) is 2.82. The lowest BCUT2D eigenvalue weighted by atomic mass is 10.1.